The van der Waals surface area contributed by atoms with Crippen LogP contribution in [0.3, 0.4) is 0 Å². The first kappa shape index (κ1) is 17.4. The van der Waals surface area contributed by atoms with Gasteiger partial charge >= 0.3 is 6.18 Å². The Labute approximate surface area is 129 Å². The first-order chi connectivity index (χ1) is 10.6. The zero-order valence-corrected chi connectivity index (χ0v) is 12.7. The van der Waals surface area contributed by atoms with Gasteiger partial charge in [0, 0.05) is 10.9 Å². The normalized spacial score (nSPS) is 13.0. The zero-order chi connectivity index (χ0) is 17.5. The minimum atomic E-state index is -5.03. The molecule has 0 amide bonds. The van der Waals surface area contributed by atoms with Crippen LogP contribution in [0.25, 0.3) is 16.6 Å². The van der Waals surface area contributed by atoms with Crippen molar-refractivity contribution in [3.05, 3.63) is 52.1 Å². The number of halogens is 6. The Morgan fingerprint density at radius 1 is 1.13 bits per heavy atom. The second-order valence-corrected chi connectivity index (χ2v) is 5.19. The lowest BCUT2D eigenvalue weighted by Gasteiger charge is -2.19. The van der Waals surface area contributed by atoms with E-state index in [4.69, 9.17) is 0 Å². The Balaban J connectivity index is 3.16. The number of rotatable bonds is 2. The van der Waals surface area contributed by atoms with Crippen molar-refractivity contribution in [3.63, 3.8) is 0 Å². The quantitative estimate of drug-likeness (QED) is 0.563. The summed E-state index contributed by atoms with van der Waals surface area (Å²) in [7, 11) is 0. The second-order valence-electron chi connectivity index (χ2n) is 5.19. The van der Waals surface area contributed by atoms with Crippen molar-refractivity contribution in [2.75, 3.05) is 0 Å². The lowest BCUT2D eigenvalue weighted by Crippen LogP contribution is -2.13. The van der Waals surface area contributed by atoms with Crippen LogP contribution < -0.4 is 0 Å². The molecule has 2 aromatic rings. The van der Waals surface area contributed by atoms with Crippen LogP contribution in [0.5, 0.6) is 0 Å². The molecular weight excluding hydrogens is 318 g/mol. The fourth-order valence-corrected chi connectivity index (χ4v) is 2.67. The zero-order valence-electron chi connectivity index (χ0n) is 12.7. The molecule has 2 rings (SSSR count). The van der Waals surface area contributed by atoms with Crippen molar-refractivity contribution < 1.29 is 26.3 Å². The molecule has 0 aromatic heterocycles. The maximum atomic E-state index is 14.2. The first-order valence-corrected chi connectivity index (χ1v) is 6.97. The number of alkyl halides is 3. The molecule has 2 aromatic carbocycles. The van der Waals surface area contributed by atoms with Crippen molar-refractivity contribution in [2.45, 2.75) is 33.4 Å². The fourth-order valence-electron chi connectivity index (χ4n) is 2.67. The van der Waals surface area contributed by atoms with E-state index in [-0.39, 0.29) is 22.9 Å². The summed E-state index contributed by atoms with van der Waals surface area (Å²) >= 11 is 0. The Hall–Kier alpha value is -1.98. The van der Waals surface area contributed by atoms with Crippen LogP contribution in [0.4, 0.5) is 26.3 Å². The fraction of sp³-hybridized carbons (Fsp3) is 0.294. The van der Waals surface area contributed by atoms with Gasteiger partial charge in [0.15, 0.2) is 11.6 Å². The van der Waals surface area contributed by atoms with E-state index in [9.17, 15) is 26.3 Å². The lowest BCUT2D eigenvalue weighted by atomic mass is 9.90. The van der Waals surface area contributed by atoms with Crippen LogP contribution in [-0.2, 0) is 12.6 Å². The first-order valence-electron chi connectivity index (χ1n) is 6.97. The van der Waals surface area contributed by atoms with E-state index in [1.54, 1.807) is 6.92 Å². The molecule has 0 fully saturated rings. The van der Waals surface area contributed by atoms with Crippen molar-refractivity contribution in [1.29, 1.82) is 0 Å². The highest BCUT2D eigenvalue weighted by atomic mass is 19.4. The maximum absolute atomic E-state index is 14.2. The highest BCUT2D eigenvalue weighted by molar-refractivity contribution is 5.93. The molecule has 0 radical (unpaired) electrons. The topological polar surface area (TPSA) is 0 Å². The van der Waals surface area contributed by atoms with Gasteiger partial charge in [-0.15, -0.1) is 0 Å². The number of benzene rings is 2. The molecule has 0 spiro atoms. The summed E-state index contributed by atoms with van der Waals surface area (Å²) in [4.78, 5) is 0. The molecule has 0 saturated heterocycles. The molecule has 23 heavy (non-hydrogen) atoms. The lowest BCUT2D eigenvalue weighted by molar-refractivity contribution is -0.136. The van der Waals surface area contributed by atoms with Gasteiger partial charge < -0.3 is 0 Å². The molecule has 0 nitrogen and oxygen atoms in total. The van der Waals surface area contributed by atoms with E-state index in [1.807, 2.05) is 0 Å². The number of fused-ring (bicyclic) bond motifs is 1. The minimum absolute atomic E-state index is 0.0887. The summed E-state index contributed by atoms with van der Waals surface area (Å²) in [5.41, 5.74) is -2.22. The van der Waals surface area contributed by atoms with Crippen LogP contribution in [-0.4, -0.2) is 0 Å². The smallest absolute Gasteiger partial charge is 0.207 e. The van der Waals surface area contributed by atoms with Crippen LogP contribution in [0.2, 0.25) is 0 Å². The average Bonchev–Trinajstić information content (AvgIpc) is 2.49. The van der Waals surface area contributed by atoms with Crippen LogP contribution in [0.1, 0.15) is 36.1 Å². The van der Waals surface area contributed by atoms with Gasteiger partial charge in [0.05, 0.1) is 5.56 Å². The summed E-state index contributed by atoms with van der Waals surface area (Å²) in [5, 5.41) is -1.04. The monoisotopic (exact) mass is 332 g/mol. The van der Waals surface area contributed by atoms with Crippen LogP contribution in [0.15, 0.2) is 18.2 Å². The second kappa shape index (κ2) is 5.91. The van der Waals surface area contributed by atoms with Crippen LogP contribution in [0, 0.1) is 18.6 Å². The van der Waals surface area contributed by atoms with E-state index in [0.29, 0.717) is 0 Å². The van der Waals surface area contributed by atoms with Crippen molar-refractivity contribution in [2.24, 2.45) is 0 Å². The molecule has 0 heterocycles. The highest BCUT2D eigenvalue weighted by Crippen LogP contribution is 2.44. The van der Waals surface area contributed by atoms with Crippen molar-refractivity contribution >= 4 is 16.6 Å². The predicted molar refractivity (Wildman–Crippen MR) is 77.7 cm³/mol. The standard InChI is InChI=1S/C17H14F6/c1-4-9-7-10-6-8(3)15(19)16(20)13(10)14(17(21,22)23)12(9)11(18)5-2/h5-7H,4H2,1-3H3/b11-5-. The molecule has 0 aliphatic heterocycles. The van der Waals surface area contributed by atoms with Gasteiger partial charge in [0.2, 0.25) is 0 Å². The van der Waals surface area contributed by atoms with E-state index < -0.39 is 40.2 Å². The van der Waals surface area contributed by atoms with Gasteiger partial charge in [-0.1, -0.05) is 19.1 Å². The number of allylic oxidation sites excluding steroid dienone is 1. The summed E-state index contributed by atoms with van der Waals surface area (Å²) in [6.07, 6.45) is -4.03. The summed E-state index contributed by atoms with van der Waals surface area (Å²) in [6, 6.07) is 2.41. The number of aryl methyl sites for hydroxylation is 2. The molecule has 0 aliphatic carbocycles. The molecule has 0 unspecified atom stereocenters. The van der Waals surface area contributed by atoms with Crippen molar-refractivity contribution in [1.82, 2.24) is 0 Å². The molecular formula is C17H14F6. The minimum Gasteiger partial charge on any atom is -0.207 e. The molecule has 6 heteroatoms. The van der Waals surface area contributed by atoms with E-state index in [0.717, 1.165) is 12.1 Å². The van der Waals surface area contributed by atoms with E-state index >= 15 is 0 Å². The third-order valence-electron chi connectivity index (χ3n) is 3.73. The van der Waals surface area contributed by atoms with E-state index in [1.165, 1.54) is 19.9 Å². The molecule has 0 bridgehead atoms. The van der Waals surface area contributed by atoms with E-state index in [2.05, 4.69) is 0 Å². The number of hydrogen-bond donors (Lipinski definition) is 0. The van der Waals surface area contributed by atoms with Gasteiger partial charge in [-0.25, -0.2) is 13.2 Å². The Morgan fingerprint density at radius 2 is 1.74 bits per heavy atom. The summed E-state index contributed by atoms with van der Waals surface area (Å²) in [6.45, 7) is 4.07. The van der Waals surface area contributed by atoms with Gasteiger partial charge in [-0.05, 0) is 42.8 Å². The van der Waals surface area contributed by atoms with Gasteiger partial charge in [-0.2, -0.15) is 13.2 Å². The SMILES string of the molecule is C/C=C(\F)c1c(CC)cc2cc(C)c(F)c(F)c2c1C(F)(F)F. The highest BCUT2D eigenvalue weighted by Gasteiger charge is 2.39. The molecule has 0 saturated carbocycles. The molecule has 124 valence electrons. The third kappa shape index (κ3) is 2.82. The third-order valence-corrected chi connectivity index (χ3v) is 3.73. The molecule has 0 atom stereocenters. The average molecular weight is 332 g/mol. The Bertz CT molecular complexity index is 799. The summed E-state index contributed by atoms with van der Waals surface area (Å²) in [5.74, 6) is -4.09. The van der Waals surface area contributed by atoms with Crippen molar-refractivity contribution in [3.8, 4) is 0 Å². The van der Waals surface area contributed by atoms with Gasteiger partial charge in [0.25, 0.3) is 0 Å². The Morgan fingerprint density at radius 3 is 2.22 bits per heavy atom. The van der Waals surface area contributed by atoms with Gasteiger partial charge in [-0.3, -0.25) is 0 Å². The predicted octanol–water partition coefficient (Wildman–Crippen LogP) is 6.34. The largest absolute Gasteiger partial charge is 0.417 e. The van der Waals surface area contributed by atoms with Crippen LogP contribution >= 0.6 is 0 Å². The number of hydrogen-bond acceptors (Lipinski definition) is 0. The Kier molecular flexibility index (Phi) is 4.46. The molecule has 0 aliphatic rings. The summed E-state index contributed by atoms with van der Waals surface area (Å²) < 4.78 is 82.6. The van der Waals surface area contributed by atoms with Gasteiger partial charge in [0.1, 0.15) is 5.83 Å². The maximum Gasteiger partial charge on any atom is 0.417 e. The molecule has 0 N–H and O–H groups in total.